The van der Waals surface area contributed by atoms with E-state index < -0.39 is 0 Å². The first kappa shape index (κ1) is 21.4. The largest absolute Gasteiger partial charge is 0.0992 e. The molecular weight excluding hydrogens is 324 g/mol. The maximum Gasteiger partial charge on any atom is -0.0120 e. The molecule has 0 spiro atoms. The maximum atomic E-state index is 4.89. The standard InChI is InChI=1S/C27H48/c1-9-12-13-21-14-15-22-16-27(8)17-26(7,11-3)23(10-2)19(5)25(27)20(6)24(22)18(21)4/h18-19,21-25H,6,9-17H2,1-5,7-8H3. The minimum absolute atomic E-state index is 0.490. The Morgan fingerprint density at radius 1 is 1.04 bits per heavy atom. The summed E-state index contributed by atoms with van der Waals surface area (Å²) in [5.41, 5.74) is 2.70. The van der Waals surface area contributed by atoms with E-state index in [0.29, 0.717) is 10.8 Å². The molecule has 0 amide bonds. The van der Waals surface area contributed by atoms with Crippen LogP contribution >= 0.6 is 0 Å². The summed E-state index contributed by atoms with van der Waals surface area (Å²) in [6, 6.07) is 0. The average Bonchev–Trinajstić information content (AvgIpc) is 2.60. The van der Waals surface area contributed by atoms with Gasteiger partial charge < -0.3 is 0 Å². The van der Waals surface area contributed by atoms with Gasteiger partial charge in [0.25, 0.3) is 0 Å². The molecule has 0 aromatic carbocycles. The Kier molecular flexibility index (Phi) is 6.25. The molecule has 3 rings (SSSR count). The van der Waals surface area contributed by atoms with Crippen molar-refractivity contribution in [3.63, 3.8) is 0 Å². The molecule has 0 nitrogen and oxygen atoms in total. The molecule has 0 N–H and O–H groups in total. The van der Waals surface area contributed by atoms with Crippen molar-refractivity contribution in [2.45, 2.75) is 106 Å². The van der Waals surface area contributed by atoms with Crippen LogP contribution in [0.5, 0.6) is 0 Å². The molecule has 3 fully saturated rings. The van der Waals surface area contributed by atoms with Crippen LogP contribution in [0.15, 0.2) is 12.2 Å². The summed E-state index contributed by atoms with van der Waals surface area (Å²) in [6.07, 6.45) is 12.8. The highest BCUT2D eigenvalue weighted by molar-refractivity contribution is 5.23. The van der Waals surface area contributed by atoms with Crippen LogP contribution in [-0.2, 0) is 0 Å². The van der Waals surface area contributed by atoms with Crippen molar-refractivity contribution in [3.05, 3.63) is 12.2 Å². The number of fused-ring (bicyclic) bond motifs is 2. The van der Waals surface area contributed by atoms with Crippen molar-refractivity contribution in [2.24, 2.45) is 52.3 Å². The van der Waals surface area contributed by atoms with Crippen LogP contribution in [0.1, 0.15) is 106 Å². The van der Waals surface area contributed by atoms with E-state index in [1.54, 1.807) is 5.57 Å². The van der Waals surface area contributed by atoms with Gasteiger partial charge in [0.15, 0.2) is 0 Å². The topological polar surface area (TPSA) is 0 Å². The van der Waals surface area contributed by atoms with Gasteiger partial charge in [0.05, 0.1) is 0 Å². The van der Waals surface area contributed by atoms with E-state index in [1.165, 1.54) is 57.8 Å². The Balaban J connectivity index is 1.89. The first-order chi connectivity index (χ1) is 12.7. The highest BCUT2D eigenvalue weighted by Gasteiger charge is 2.59. The molecule has 0 saturated heterocycles. The number of rotatable bonds is 5. The van der Waals surface area contributed by atoms with Crippen LogP contribution in [0.3, 0.4) is 0 Å². The lowest BCUT2D eigenvalue weighted by Gasteiger charge is -2.64. The van der Waals surface area contributed by atoms with E-state index in [4.69, 9.17) is 6.58 Å². The summed E-state index contributed by atoms with van der Waals surface area (Å²) >= 11 is 0. The van der Waals surface area contributed by atoms with E-state index in [9.17, 15) is 0 Å². The molecule has 0 heterocycles. The second-order valence-corrected chi connectivity index (χ2v) is 11.6. The van der Waals surface area contributed by atoms with E-state index in [1.807, 2.05) is 0 Å². The number of allylic oxidation sites excluding steroid dienone is 1. The zero-order valence-corrected chi connectivity index (χ0v) is 19.6. The molecule has 0 bridgehead atoms. The molecule has 156 valence electrons. The highest BCUT2D eigenvalue weighted by Crippen LogP contribution is 2.67. The van der Waals surface area contributed by atoms with Gasteiger partial charge in [0.1, 0.15) is 0 Å². The van der Waals surface area contributed by atoms with Crippen LogP contribution < -0.4 is 0 Å². The molecule has 0 heteroatoms. The van der Waals surface area contributed by atoms with E-state index in [0.717, 1.165) is 41.4 Å². The van der Waals surface area contributed by atoms with Gasteiger partial charge in [-0.3, -0.25) is 0 Å². The van der Waals surface area contributed by atoms with E-state index in [-0.39, 0.29) is 0 Å². The molecule has 0 aromatic rings. The van der Waals surface area contributed by atoms with Crippen LogP contribution in [0.25, 0.3) is 0 Å². The van der Waals surface area contributed by atoms with Gasteiger partial charge in [-0.05, 0) is 77.9 Å². The molecule has 3 aliphatic carbocycles. The van der Waals surface area contributed by atoms with Crippen molar-refractivity contribution in [1.29, 1.82) is 0 Å². The summed E-state index contributed by atoms with van der Waals surface area (Å²) in [7, 11) is 0. The molecule has 9 unspecified atom stereocenters. The van der Waals surface area contributed by atoms with Crippen LogP contribution in [0, 0.1) is 52.3 Å². The summed E-state index contributed by atoms with van der Waals surface area (Å²) in [6.45, 7) is 22.6. The molecule has 0 radical (unpaired) electrons. The molecule has 9 atom stereocenters. The summed E-state index contributed by atoms with van der Waals surface area (Å²) in [4.78, 5) is 0. The third-order valence-electron chi connectivity index (χ3n) is 10.1. The maximum absolute atomic E-state index is 4.89. The molecule has 0 aromatic heterocycles. The SMILES string of the molecule is C=C1C2C(CCC(CCCC)C2C)CC2(C)CC(C)(CC)C(CC)C(C)C12. The first-order valence-corrected chi connectivity index (χ1v) is 12.4. The third-order valence-corrected chi connectivity index (χ3v) is 10.1. The predicted octanol–water partition coefficient (Wildman–Crippen LogP) is 8.52. The number of hydrogen-bond acceptors (Lipinski definition) is 0. The van der Waals surface area contributed by atoms with Gasteiger partial charge in [-0.1, -0.05) is 92.7 Å². The smallest absolute Gasteiger partial charge is 0.0120 e. The first-order valence-electron chi connectivity index (χ1n) is 12.4. The lowest BCUT2D eigenvalue weighted by molar-refractivity contribution is -0.106. The van der Waals surface area contributed by atoms with E-state index in [2.05, 4.69) is 48.5 Å². The Bertz CT molecular complexity index is 532. The zero-order valence-electron chi connectivity index (χ0n) is 19.6. The molecule has 0 aliphatic heterocycles. The summed E-state index contributed by atoms with van der Waals surface area (Å²) in [5, 5.41) is 0. The fourth-order valence-electron chi connectivity index (χ4n) is 9.04. The second kappa shape index (κ2) is 7.87. The normalized spacial score (nSPS) is 50.2. The van der Waals surface area contributed by atoms with Crippen molar-refractivity contribution < 1.29 is 0 Å². The molecule has 3 aliphatic rings. The van der Waals surface area contributed by atoms with Crippen molar-refractivity contribution >= 4 is 0 Å². The van der Waals surface area contributed by atoms with Gasteiger partial charge in [-0.15, -0.1) is 0 Å². The van der Waals surface area contributed by atoms with Crippen LogP contribution in [-0.4, -0.2) is 0 Å². The van der Waals surface area contributed by atoms with Crippen molar-refractivity contribution in [2.75, 3.05) is 0 Å². The van der Waals surface area contributed by atoms with Gasteiger partial charge in [0, 0.05) is 0 Å². The minimum atomic E-state index is 0.490. The minimum Gasteiger partial charge on any atom is -0.0992 e. The second-order valence-electron chi connectivity index (χ2n) is 11.6. The quantitative estimate of drug-likeness (QED) is 0.424. The summed E-state index contributed by atoms with van der Waals surface area (Å²) < 4.78 is 0. The van der Waals surface area contributed by atoms with Gasteiger partial charge in [-0.25, -0.2) is 0 Å². The lowest BCUT2D eigenvalue weighted by atomic mass is 9.41. The monoisotopic (exact) mass is 372 g/mol. The predicted molar refractivity (Wildman–Crippen MR) is 120 cm³/mol. The fraction of sp³-hybridized carbons (Fsp3) is 0.926. The molecular formula is C27H48. The Morgan fingerprint density at radius 3 is 2.33 bits per heavy atom. The number of hydrogen-bond donors (Lipinski definition) is 0. The molecule has 27 heavy (non-hydrogen) atoms. The highest BCUT2D eigenvalue weighted by atomic mass is 14.6. The van der Waals surface area contributed by atoms with Gasteiger partial charge in [-0.2, -0.15) is 0 Å². The van der Waals surface area contributed by atoms with E-state index >= 15 is 0 Å². The Labute approximate surface area is 171 Å². The Morgan fingerprint density at radius 2 is 1.74 bits per heavy atom. The van der Waals surface area contributed by atoms with Gasteiger partial charge >= 0.3 is 0 Å². The van der Waals surface area contributed by atoms with Crippen LogP contribution in [0.2, 0.25) is 0 Å². The summed E-state index contributed by atoms with van der Waals surface area (Å²) in [5.74, 6) is 5.96. The average molecular weight is 373 g/mol. The van der Waals surface area contributed by atoms with Crippen molar-refractivity contribution in [3.8, 4) is 0 Å². The number of unbranched alkanes of at least 4 members (excludes halogenated alkanes) is 1. The van der Waals surface area contributed by atoms with Crippen LogP contribution in [0.4, 0.5) is 0 Å². The Hall–Kier alpha value is -0.260. The third kappa shape index (κ3) is 3.46. The lowest BCUT2D eigenvalue weighted by Crippen LogP contribution is -2.56. The van der Waals surface area contributed by atoms with Gasteiger partial charge in [0.2, 0.25) is 0 Å². The fourth-order valence-corrected chi connectivity index (χ4v) is 9.04. The zero-order chi connectivity index (χ0) is 20.0. The van der Waals surface area contributed by atoms with Crippen molar-refractivity contribution in [1.82, 2.24) is 0 Å². The molecule has 3 saturated carbocycles.